The van der Waals surface area contributed by atoms with Crippen LogP contribution in [-0.4, -0.2) is 13.0 Å². The molecule has 1 saturated heterocycles. The van der Waals surface area contributed by atoms with Gasteiger partial charge in [-0.25, -0.2) is 0 Å². The van der Waals surface area contributed by atoms with Crippen molar-refractivity contribution in [2.75, 3.05) is 6.61 Å². The molecule has 1 heterocycles. The molecular formula is C10H9F3O2. The molecule has 0 saturated carbocycles. The summed E-state index contributed by atoms with van der Waals surface area (Å²) in [5.74, 6) is -0.211. The maximum Gasteiger partial charge on any atom is 0.573 e. The van der Waals surface area contributed by atoms with Crippen LogP contribution in [0, 0.1) is 0 Å². The molecule has 1 aliphatic rings. The van der Waals surface area contributed by atoms with Crippen LogP contribution >= 0.6 is 0 Å². The Morgan fingerprint density at radius 3 is 2.60 bits per heavy atom. The monoisotopic (exact) mass is 218 g/mol. The summed E-state index contributed by atoms with van der Waals surface area (Å²) >= 11 is 0. The minimum Gasteiger partial charge on any atom is -0.406 e. The molecular weight excluding hydrogens is 209 g/mol. The van der Waals surface area contributed by atoms with Crippen LogP contribution in [0.5, 0.6) is 5.75 Å². The van der Waals surface area contributed by atoms with Crippen LogP contribution in [0.4, 0.5) is 13.2 Å². The molecule has 0 N–H and O–H groups in total. The smallest absolute Gasteiger partial charge is 0.406 e. The largest absolute Gasteiger partial charge is 0.573 e. The summed E-state index contributed by atoms with van der Waals surface area (Å²) in [6, 6.07) is 5.85. The van der Waals surface area contributed by atoms with Gasteiger partial charge >= 0.3 is 6.36 Å². The highest BCUT2D eigenvalue weighted by molar-refractivity contribution is 5.34. The van der Waals surface area contributed by atoms with Crippen LogP contribution in [0.2, 0.25) is 0 Å². The fourth-order valence-electron chi connectivity index (χ4n) is 1.30. The SMILES string of the molecule is CC1(c2cccc(OC(F)(F)F)c2)CO1. The average Bonchev–Trinajstić information content (AvgIpc) is 2.82. The third-order valence-electron chi connectivity index (χ3n) is 2.26. The molecule has 2 nitrogen and oxygen atoms in total. The van der Waals surface area contributed by atoms with E-state index in [2.05, 4.69) is 4.74 Å². The molecule has 5 heteroatoms. The lowest BCUT2D eigenvalue weighted by molar-refractivity contribution is -0.274. The summed E-state index contributed by atoms with van der Waals surface area (Å²) in [6.07, 6.45) is -4.65. The Bertz CT molecular complexity index is 369. The molecule has 2 rings (SSSR count). The normalized spacial score (nSPS) is 25.1. The second-order valence-corrected chi connectivity index (χ2v) is 3.60. The van der Waals surface area contributed by atoms with E-state index in [9.17, 15) is 13.2 Å². The van der Waals surface area contributed by atoms with Gasteiger partial charge in [0.25, 0.3) is 0 Å². The topological polar surface area (TPSA) is 21.8 Å². The predicted molar refractivity (Wildman–Crippen MR) is 46.4 cm³/mol. The van der Waals surface area contributed by atoms with Gasteiger partial charge in [-0.05, 0) is 24.6 Å². The standard InChI is InChI=1S/C10H9F3O2/c1-9(6-14-9)7-3-2-4-8(5-7)15-10(11,12)13/h2-5H,6H2,1H3. The fraction of sp³-hybridized carbons (Fsp3) is 0.400. The van der Waals surface area contributed by atoms with Crippen molar-refractivity contribution in [2.45, 2.75) is 18.9 Å². The van der Waals surface area contributed by atoms with Crippen molar-refractivity contribution in [3.63, 3.8) is 0 Å². The van der Waals surface area contributed by atoms with E-state index in [1.165, 1.54) is 18.2 Å². The molecule has 1 aliphatic heterocycles. The third-order valence-corrected chi connectivity index (χ3v) is 2.26. The number of hydrogen-bond acceptors (Lipinski definition) is 2. The first-order chi connectivity index (χ1) is 6.89. The Morgan fingerprint density at radius 1 is 1.40 bits per heavy atom. The van der Waals surface area contributed by atoms with Crippen LogP contribution < -0.4 is 4.74 Å². The van der Waals surface area contributed by atoms with Gasteiger partial charge in [0.2, 0.25) is 0 Å². The molecule has 0 amide bonds. The minimum atomic E-state index is -4.65. The molecule has 1 aromatic rings. The van der Waals surface area contributed by atoms with Gasteiger partial charge in [0.05, 0.1) is 6.61 Å². The van der Waals surface area contributed by atoms with Crippen LogP contribution in [0.3, 0.4) is 0 Å². The maximum absolute atomic E-state index is 11.9. The Balaban J connectivity index is 2.20. The van der Waals surface area contributed by atoms with Gasteiger partial charge in [-0.1, -0.05) is 12.1 Å². The first kappa shape index (κ1) is 10.3. The highest BCUT2D eigenvalue weighted by Crippen LogP contribution is 2.39. The summed E-state index contributed by atoms with van der Waals surface area (Å²) in [7, 11) is 0. The van der Waals surface area contributed by atoms with E-state index in [1.807, 2.05) is 6.92 Å². The van der Waals surface area contributed by atoms with E-state index in [0.717, 1.165) is 0 Å². The first-order valence-electron chi connectivity index (χ1n) is 4.39. The molecule has 1 unspecified atom stereocenters. The Hall–Kier alpha value is -1.23. The van der Waals surface area contributed by atoms with E-state index < -0.39 is 12.0 Å². The zero-order valence-corrected chi connectivity index (χ0v) is 7.97. The highest BCUT2D eigenvalue weighted by Gasteiger charge is 2.41. The van der Waals surface area contributed by atoms with Gasteiger partial charge in [-0.2, -0.15) is 0 Å². The van der Waals surface area contributed by atoms with Crippen molar-refractivity contribution in [3.8, 4) is 5.75 Å². The number of ether oxygens (including phenoxy) is 2. The second kappa shape index (κ2) is 3.13. The maximum atomic E-state index is 11.9. The third kappa shape index (κ3) is 2.41. The van der Waals surface area contributed by atoms with Crippen molar-refractivity contribution >= 4 is 0 Å². The molecule has 0 aromatic heterocycles. The zero-order chi connectivity index (χ0) is 11.1. The van der Waals surface area contributed by atoms with Crippen LogP contribution in [0.25, 0.3) is 0 Å². The van der Waals surface area contributed by atoms with Crippen molar-refractivity contribution in [2.24, 2.45) is 0 Å². The summed E-state index contributed by atoms with van der Waals surface area (Å²) in [5.41, 5.74) is 0.259. The van der Waals surface area contributed by atoms with Gasteiger partial charge in [0.15, 0.2) is 0 Å². The quantitative estimate of drug-likeness (QED) is 0.712. The van der Waals surface area contributed by atoms with Gasteiger partial charge in [0, 0.05) is 0 Å². The Morgan fingerprint density at radius 2 is 2.07 bits per heavy atom. The predicted octanol–water partition coefficient (Wildman–Crippen LogP) is 2.83. The Kier molecular flexibility index (Phi) is 2.15. The lowest BCUT2D eigenvalue weighted by Crippen LogP contribution is -2.17. The van der Waals surface area contributed by atoms with Crippen molar-refractivity contribution in [1.82, 2.24) is 0 Å². The Labute approximate surface area is 84.6 Å². The average molecular weight is 218 g/mol. The van der Waals surface area contributed by atoms with Gasteiger partial charge in [0.1, 0.15) is 11.4 Å². The molecule has 1 atom stereocenters. The van der Waals surface area contributed by atoms with Gasteiger partial charge < -0.3 is 9.47 Å². The van der Waals surface area contributed by atoms with Crippen molar-refractivity contribution in [3.05, 3.63) is 29.8 Å². The van der Waals surface area contributed by atoms with Gasteiger partial charge in [-0.3, -0.25) is 0 Å². The number of rotatable bonds is 2. The first-order valence-corrected chi connectivity index (χ1v) is 4.39. The number of epoxide rings is 1. The van der Waals surface area contributed by atoms with E-state index in [0.29, 0.717) is 12.2 Å². The molecule has 1 aromatic carbocycles. The van der Waals surface area contributed by atoms with E-state index in [-0.39, 0.29) is 5.75 Å². The van der Waals surface area contributed by atoms with E-state index in [4.69, 9.17) is 4.74 Å². The van der Waals surface area contributed by atoms with Crippen LogP contribution in [0.1, 0.15) is 12.5 Å². The van der Waals surface area contributed by atoms with Gasteiger partial charge in [-0.15, -0.1) is 13.2 Å². The molecule has 0 bridgehead atoms. The molecule has 0 aliphatic carbocycles. The lowest BCUT2D eigenvalue weighted by atomic mass is 10.0. The zero-order valence-electron chi connectivity index (χ0n) is 7.97. The molecule has 0 radical (unpaired) electrons. The summed E-state index contributed by atoms with van der Waals surface area (Å²) < 4.78 is 44.7. The minimum absolute atomic E-state index is 0.211. The molecule has 15 heavy (non-hydrogen) atoms. The fourth-order valence-corrected chi connectivity index (χ4v) is 1.30. The second-order valence-electron chi connectivity index (χ2n) is 3.60. The lowest BCUT2D eigenvalue weighted by Gasteiger charge is -2.11. The summed E-state index contributed by atoms with van der Waals surface area (Å²) in [5, 5.41) is 0. The summed E-state index contributed by atoms with van der Waals surface area (Å²) in [6.45, 7) is 2.35. The molecule has 82 valence electrons. The number of alkyl halides is 3. The number of hydrogen-bond donors (Lipinski definition) is 0. The van der Waals surface area contributed by atoms with Crippen LogP contribution in [-0.2, 0) is 10.3 Å². The number of halogens is 3. The molecule has 0 spiro atoms. The van der Waals surface area contributed by atoms with Crippen molar-refractivity contribution < 1.29 is 22.6 Å². The molecule has 1 fully saturated rings. The summed E-state index contributed by atoms with van der Waals surface area (Å²) in [4.78, 5) is 0. The van der Waals surface area contributed by atoms with Crippen LogP contribution in [0.15, 0.2) is 24.3 Å². The highest BCUT2D eigenvalue weighted by atomic mass is 19.4. The number of benzene rings is 1. The van der Waals surface area contributed by atoms with E-state index >= 15 is 0 Å². The van der Waals surface area contributed by atoms with Crippen molar-refractivity contribution in [1.29, 1.82) is 0 Å². The van der Waals surface area contributed by atoms with E-state index in [1.54, 1.807) is 6.07 Å².